The second-order valence-corrected chi connectivity index (χ2v) is 9.50. The fraction of sp³-hybridized carbons (Fsp3) is 0.370. The van der Waals surface area contributed by atoms with Crippen LogP contribution in [-0.2, 0) is 16.0 Å². The molecule has 2 saturated carbocycles. The third kappa shape index (κ3) is 2.87. The lowest BCUT2D eigenvalue weighted by molar-refractivity contribution is -0.124. The van der Waals surface area contributed by atoms with Crippen molar-refractivity contribution in [3.05, 3.63) is 71.8 Å². The molecule has 0 aromatic heterocycles. The van der Waals surface area contributed by atoms with Crippen LogP contribution in [0.4, 0.5) is 5.69 Å². The van der Waals surface area contributed by atoms with E-state index in [0.717, 1.165) is 19.3 Å². The molecule has 0 unspecified atom stereocenters. The van der Waals surface area contributed by atoms with Crippen LogP contribution in [0.5, 0.6) is 5.75 Å². The maximum atomic E-state index is 13.2. The highest BCUT2D eigenvalue weighted by Gasteiger charge is 2.67. The molecule has 2 bridgehead atoms. The van der Waals surface area contributed by atoms with Crippen LogP contribution < -0.4 is 9.64 Å². The smallest absolute Gasteiger partial charge is 0.343 e. The van der Waals surface area contributed by atoms with Crippen LogP contribution >= 0.6 is 0 Å². The van der Waals surface area contributed by atoms with E-state index in [1.807, 2.05) is 12.1 Å². The summed E-state index contributed by atoms with van der Waals surface area (Å²) in [6, 6.07) is 14.1. The van der Waals surface area contributed by atoms with Crippen LogP contribution in [-0.4, -0.2) is 17.8 Å². The molecule has 1 saturated heterocycles. The third-order valence-corrected chi connectivity index (χ3v) is 7.70. The van der Waals surface area contributed by atoms with Crippen LogP contribution in [0, 0.1) is 35.5 Å². The van der Waals surface area contributed by atoms with Crippen LogP contribution in [0.2, 0.25) is 0 Å². The van der Waals surface area contributed by atoms with Crippen LogP contribution in [0.1, 0.15) is 35.7 Å². The van der Waals surface area contributed by atoms with Gasteiger partial charge in [0.25, 0.3) is 0 Å². The lowest BCUT2D eigenvalue weighted by Gasteiger charge is -2.37. The number of allylic oxidation sites excluding steroid dienone is 2. The number of anilines is 1. The van der Waals surface area contributed by atoms with Crippen molar-refractivity contribution in [2.24, 2.45) is 35.5 Å². The average molecular weight is 428 g/mol. The topological polar surface area (TPSA) is 63.7 Å². The Bertz CT molecular complexity index is 1100. The maximum Gasteiger partial charge on any atom is 0.343 e. The first kappa shape index (κ1) is 19.5. The lowest BCUT2D eigenvalue weighted by atomic mass is 9.63. The number of hydrogen-bond donors (Lipinski definition) is 0. The Morgan fingerprint density at radius 3 is 2.06 bits per heavy atom. The van der Waals surface area contributed by atoms with Gasteiger partial charge in [-0.2, -0.15) is 0 Å². The summed E-state index contributed by atoms with van der Waals surface area (Å²) in [7, 11) is 0. The van der Waals surface area contributed by atoms with Gasteiger partial charge < -0.3 is 4.74 Å². The molecule has 5 heteroatoms. The van der Waals surface area contributed by atoms with Crippen molar-refractivity contribution in [1.82, 2.24) is 0 Å². The molecule has 2 amide bonds. The summed E-state index contributed by atoms with van der Waals surface area (Å²) in [6.07, 6.45) is 7.54. The minimum Gasteiger partial charge on any atom is -0.423 e. The first-order valence-electron chi connectivity index (χ1n) is 11.5. The molecular weight excluding hydrogens is 402 g/mol. The Hall–Kier alpha value is -3.21. The standard InChI is InChI=1S/C27H25NO4/c1-2-3-15-4-10-18(11-5-15)32-27(31)16-6-8-17(9-7-16)28-25(29)23-19-12-13-20(22-14-21(19)22)24(23)26(28)30/h4-13,19-24H,2-3,14H2,1H3/t19-,20-,21-,22+,23-,24+/m0/s1. The highest BCUT2D eigenvalue weighted by Crippen LogP contribution is 2.65. The molecule has 0 spiro atoms. The summed E-state index contributed by atoms with van der Waals surface area (Å²) in [6.45, 7) is 2.12. The van der Waals surface area contributed by atoms with Gasteiger partial charge in [0.1, 0.15) is 5.75 Å². The van der Waals surface area contributed by atoms with Gasteiger partial charge in [0.15, 0.2) is 0 Å². The Morgan fingerprint density at radius 2 is 1.50 bits per heavy atom. The van der Waals surface area contributed by atoms with E-state index in [9.17, 15) is 14.4 Å². The van der Waals surface area contributed by atoms with Gasteiger partial charge in [0.05, 0.1) is 23.1 Å². The van der Waals surface area contributed by atoms with Crippen molar-refractivity contribution in [3.8, 4) is 5.75 Å². The van der Waals surface area contributed by atoms with Crippen LogP contribution in [0.25, 0.3) is 0 Å². The number of imide groups is 1. The Kier molecular flexibility index (Phi) is 4.36. The van der Waals surface area contributed by atoms with E-state index in [1.54, 1.807) is 36.4 Å². The molecule has 162 valence electrons. The second kappa shape index (κ2) is 7.16. The Morgan fingerprint density at radius 1 is 0.906 bits per heavy atom. The first-order valence-corrected chi connectivity index (χ1v) is 11.5. The Balaban J connectivity index is 1.18. The predicted molar refractivity (Wildman–Crippen MR) is 119 cm³/mol. The van der Waals surface area contributed by atoms with Gasteiger partial charge >= 0.3 is 5.97 Å². The highest BCUT2D eigenvalue weighted by molar-refractivity contribution is 6.22. The minimum atomic E-state index is -0.463. The van der Waals surface area contributed by atoms with Crippen molar-refractivity contribution in [2.75, 3.05) is 4.90 Å². The number of ether oxygens (including phenoxy) is 1. The predicted octanol–water partition coefficient (Wildman–Crippen LogP) is 4.42. The molecule has 3 fully saturated rings. The molecule has 5 nitrogen and oxygen atoms in total. The molecule has 1 aliphatic heterocycles. The maximum absolute atomic E-state index is 13.2. The van der Waals surface area contributed by atoms with Crippen LogP contribution in [0.3, 0.4) is 0 Å². The van der Waals surface area contributed by atoms with Gasteiger partial charge in [-0.15, -0.1) is 0 Å². The summed E-state index contributed by atoms with van der Waals surface area (Å²) in [4.78, 5) is 40.3. The summed E-state index contributed by atoms with van der Waals surface area (Å²) in [5.41, 5.74) is 2.12. The third-order valence-electron chi connectivity index (χ3n) is 7.70. The summed E-state index contributed by atoms with van der Waals surface area (Å²) >= 11 is 0. The number of nitrogens with zero attached hydrogens (tertiary/aromatic N) is 1. The molecule has 32 heavy (non-hydrogen) atoms. The number of aryl methyl sites for hydroxylation is 1. The summed E-state index contributed by atoms with van der Waals surface area (Å²) in [5, 5.41) is 0. The average Bonchev–Trinajstić information content (AvgIpc) is 3.59. The highest BCUT2D eigenvalue weighted by atomic mass is 16.5. The van der Waals surface area contributed by atoms with E-state index in [4.69, 9.17) is 4.74 Å². The molecule has 4 aliphatic carbocycles. The fourth-order valence-corrected chi connectivity index (χ4v) is 6.14. The zero-order valence-corrected chi connectivity index (χ0v) is 17.9. The molecule has 2 aromatic rings. The lowest BCUT2D eigenvalue weighted by Crippen LogP contribution is -2.40. The van der Waals surface area contributed by atoms with E-state index < -0.39 is 5.97 Å². The minimum absolute atomic E-state index is 0.0906. The Labute approximate surface area is 187 Å². The quantitative estimate of drug-likeness (QED) is 0.307. The largest absolute Gasteiger partial charge is 0.423 e. The molecule has 5 aliphatic rings. The van der Waals surface area contributed by atoms with Crippen molar-refractivity contribution >= 4 is 23.5 Å². The molecular formula is C27H25NO4. The normalized spacial score (nSPS) is 31.5. The van der Waals surface area contributed by atoms with Gasteiger partial charge in [0, 0.05) is 0 Å². The van der Waals surface area contributed by atoms with Crippen molar-refractivity contribution in [3.63, 3.8) is 0 Å². The van der Waals surface area contributed by atoms with Gasteiger partial charge in [-0.3, -0.25) is 14.5 Å². The van der Waals surface area contributed by atoms with E-state index in [0.29, 0.717) is 28.8 Å². The summed E-state index contributed by atoms with van der Waals surface area (Å²) < 4.78 is 5.48. The number of hydrogen-bond acceptors (Lipinski definition) is 4. The molecule has 6 atom stereocenters. The number of carbonyl (C=O) groups excluding carboxylic acids is 3. The van der Waals surface area contributed by atoms with E-state index >= 15 is 0 Å². The van der Waals surface area contributed by atoms with Crippen molar-refractivity contribution in [2.45, 2.75) is 26.2 Å². The number of amides is 2. The van der Waals surface area contributed by atoms with E-state index in [1.165, 1.54) is 10.5 Å². The number of carbonyl (C=O) groups is 3. The summed E-state index contributed by atoms with van der Waals surface area (Å²) in [5.74, 6) is 0.975. The van der Waals surface area contributed by atoms with Gasteiger partial charge in [0.2, 0.25) is 11.8 Å². The first-order chi connectivity index (χ1) is 15.6. The van der Waals surface area contributed by atoms with Crippen molar-refractivity contribution in [1.29, 1.82) is 0 Å². The van der Waals surface area contributed by atoms with Crippen LogP contribution in [0.15, 0.2) is 60.7 Å². The fourth-order valence-electron chi connectivity index (χ4n) is 6.14. The van der Waals surface area contributed by atoms with Gasteiger partial charge in [-0.05, 0) is 78.5 Å². The van der Waals surface area contributed by atoms with E-state index in [2.05, 4.69) is 19.1 Å². The molecule has 0 radical (unpaired) electrons. The monoisotopic (exact) mass is 427 g/mol. The molecule has 0 N–H and O–H groups in total. The SMILES string of the molecule is CCCc1ccc(OC(=O)c2ccc(N3C(=O)[C@@H]4[C@H]5C=C[C@@H]([C@@H]6C[C@H]56)[C@@H]4C3=O)cc2)cc1. The number of benzene rings is 2. The van der Waals surface area contributed by atoms with E-state index in [-0.39, 0.29) is 35.5 Å². The number of esters is 1. The molecule has 2 aromatic carbocycles. The van der Waals surface area contributed by atoms with Gasteiger partial charge in [-0.1, -0.05) is 37.6 Å². The zero-order chi connectivity index (χ0) is 22.0. The number of rotatable bonds is 5. The zero-order valence-electron chi connectivity index (χ0n) is 17.9. The second-order valence-electron chi connectivity index (χ2n) is 9.50. The molecule has 1 heterocycles. The van der Waals surface area contributed by atoms with Gasteiger partial charge in [-0.25, -0.2) is 4.79 Å². The van der Waals surface area contributed by atoms with Crippen molar-refractivity contribution < 1.29 is 19.1 Å². The molecule has 7 rings (SSSR count).